The van der Waals surface area contributed by atoms with Crippen LogP contribution in [0.3, 0.4) is 0 Å². The number of carboxylic acid groups (broad SMARTS) is 1. The molecule has 1 fully saturated rings. The molecular weight excluding hydrogens is 590 g/mol. The van der Waals surface area contributed by atoms with Crippen molar-refractivity contribution in [2.45, 2.75) is 34.2 Å². The van der Waals surface area contributed by atoms with Gasteiger partial charge in [0, 0.05) is 50.0 Å². The van der Waals surface area contributed by atoms with E-state index in [-0.39, 0.29) is 34.9 Å². The molecule has 4 heterocycles. The van der Waals surface area contributed by atoms with E-state index < -0.39 is 35.9 Å². The zero-order valence-corrected chi connectivity index (χ0v) is 23.7. The minimum atomic E-state index is -1.25. The standard InChI is InChI=1S/C22H24FN7O5S4/c1-10(24)7-36-13-6-26-4-2-12(13)39-14-9-37-20-16(19(32)30(20)17(14)21(33)34)28-18(31)15(29-35-5-3-23)11-8-38-22(25)27-11/h2,4,6,8,10,16,20H,3,5,7,9,24H2,1H3,(H2,25,27)(H,28,31)(H,33,34)/b29-15-/t10?,16-,20+/m1/s1. The van der Waals surface area contributed by atoms with Crippen molar-refractivity contribution in [3.63, 3.8) is 0 Å². The number of hydrogen-bond donors (Lipinski definition) is 4. The van der Waals surface area contributed by atoms with Crippen LogP contribution in [0.15, 0.2) is 49.4 Å². The van der Waals surface area contributed by atoms with Gasteiger partial charge in [0.25, 0.3) is 11.8 Å². The molecule has 4 rings (SSSR count). The lowest BCUT2D eigenvalue weighted by molar-refractivity contribution is -0.150. The molecule has 0 bridgehead atoms. The fourth-order valence-corrected chi connectivity index (χ4v) is 7.64. The normalized spacial score (nSPS) is 19.8. The predicted molar refractivity (Wildman–Crippen MR) is 149 cm³/mol. The molecule has 2 aliphatic heterocycles. The van der Waals surface area contributed by atoms with Crippen molar-refractivity contribution in [3.8, 4) is 0 Å². The summed E-state index contributed by atoms with van der Waals surface area (Å²) >= 11 is 5.17. The number of amides is 2. The second-order valence-corrected chi connectivity index (χ2v) is 12.4. The summed E-state index contributed by atoms with van der Waals surface area (Å²) in [6.45, 7) is 0.701. The zero-order chi connectivity index (χ0) is 28.1. The molecule has 1 saturated heterocycles. The van der Waals surface area contributed by atoms with Crippen LogP contribution in [0.4, 0.5) is 9.52 Å². The Kier molecular flexibility index (Phi) is 9.71. The number of β-lactam (4-membered cyclic amide) rings is 1. The van der Waals surface area contributed by atoms with Gasteiger partial charge >= 0.3 is 5.97 Å². The molecule has 2 aromatic heterocycles. The number of rotatable bonds is 12. The molecule has 2 amide bonds. The Labute approximate surface area is 239 Å². The summed E-state index contributed by atoms with van der Waals surface area (Å²) < 4.78 is 12.5. The van der Waals surface area contributed by atoms with E-state index in [1.54, 1.807) is 18.5 Å². The monoisotopic (exact) mass is 613 g/mol. The van der Waals surface area contributed by atoms with E-state index >= 15 is 0 Å². The lowest BCUT2D eigenvalue weighted by atomic mass is 10.0. The van der Waals surface area contributed by atoms with E-state index in [1.165, 1.54) is 45.6 Å². The van der Waals surface area contributed by atoms with Gasteiger partial charge in [0.05, 0.1) is 0 Å². The number of carbonyl (C=O) groups is 3. The van der Waals surface area contributed by atoms with E-state index in [0.717, 1.165) is 21.1 Å². The summed E-state index contributed by atoms with van der Waals surface area (Å²) in [7, 11) is 0. The second kappa shape index (κ2) is 13.0. The molecule has 6 N–H and O–H groups in total. The molecule has 1 unspecified atom stereocenters. The van der Waals surface area contributed by atoms with Crippen molar-refractivity contribution >= 4 is 75.2 Å². The van der Waals surface area contributed by atoms with Gasteiger partial charge < -0.3 is 26.7 Å². The molecule has 0 aliphatic carbocycles. The predicted octanol–water partition coefficient (Wildman–Crippen LogP) is 1.74. The molecule has 208 valence electrons. The summed E-state index contributed by atoms with van der Waals surface area (Å²) in [5.41, 5.74) is 11.2. The number of nitrogens with zero attached hydrogens (tertiary/aromatic N) is 4. The molecule has 0 saturated carbocycles. The van der Waals surface area contributed by atoms with Gasteiger partial charge in [0.2, 0.25) is 0 Å². The molecule has 0 spiro atoms. The topological polar surface area (TPSA) is 186 Å². The number of carbonyl (C=O) groups excluding carboxylic acids is 2. The van der Waals surface area contributed by atoms with Crippen molar-refractivity contribution in [2.75, 3.05) is 30.5 Å². The Balaban J connectivity index is 1.52. The fourth-order valence-electron chi connectivity index (χ4n) is 3.54. The van der Waals surface area contributed by atoms with E-state index in [2.05, 4.69) is 20.4 Å². The maximum Gasteiger partial charge on any atom is 0.353 e. The number of anilines is 1. The van der Waals surface area contributed by atoms with Crippen LogP contribution in [0.5, 0.6) is 0 Å². The van der Waals surface area contributed by atoms with Crippen LogP contribution in [-0.2, 0) is 19.2 Å². The molecular formula is C22H24FN7O5S4. The van der Waals surface area contributed by atoms with Gasteiger partial charge in [-0.1, -0.05) is 16.9 Å². The Morgan fingerprint density at radius 2 is 2.23 bits per heavy atom. The zero-order valence-electron chi connectivity index (χ0n) is 20.4. The molecule has 12 nitrogen and oxygen atoms in total. The number of aromatic nitrogens is 2. The van der Waals surface area contributed by atoms with Gasteiger partial charge in [0.15, 0.2) is 10.8 Å². The Hall–Kier alpha value is -2.86. The van der Waals surface area contributed by atoms with E-state index in [0.29, 0.717) is 16.4 Å². The maximum atomic E-state index is 13.1. The molecule has 3 atom stereocenters. The van der Waals surface area contributed by atoms with Crippen LogP contribution in [0.2, 0.25) is 0 Å². The number of nitrogens with one attached hydrogen (secondary N) is 1. The molecule has 39 heavy (non-hydrogen) atoms. The summed E-state index contributed by atoms with van der Waals surface area (Å²) in [5.74, 6) is -1.66. The average Bonchev–Trinajstić information content (AvgIpc) is 3.34. The van der Waals surface area contributed by atoms with Gasteiger partial charge in [-0.05, 0) is 13.0 Å². The number of hydrogen-bond acceptors (Lipinski definition) is 13. The number of carboxylic acids is 1. The number of halogens is 1. The van der Waals surface area contributed by atoms with Gasteiger partial charge in [-0.15, -0.1) is 34.9 Å². The van der Waals surface area contributed by atoms with E-state index in [4.69, 9.17) is 16.3 Å². The number of thioether (sulfide) groups is 3. The van der Waals surface area contributed by atoms with Crippen LogP contribution in [0.25, 0.3) is 0 Å². The summed E-state index contributed by atoms with van der Waals surface area (Å²) in [6, 6.07) is 0.742. The fraction of sp³-hybridized carbons (Fsp3) is 0.364. The van der Waals surface area contributed by atoms with E-state index in [9.17, 15) is 23.9 Å². The lowest BCUT2D eigenvalue weighted by Crippen LogP contribution is -2.71. The number of aliphatic carboxylic acids is 1. The number of oxime groups is 1. The first-order valence-corrected chi connectivity index (χ1v) is 15.1. The van der Waals surface area contributed by atoms with Crippen LogP contribution in [0.1, 0.15) is 12.6 Å². The minimum absolute atomic E-state index is 0.0348. The van der Waals surface area contributed by atoms with Crippen molar-refractivity contribution in [2.24, 2.45) is 10.9 Å². The second-order valence-electron chi connectivity index (χ2n) is 8.18. The van der Waals surface area contributed by atoms with Crippen molar-refractivity contribution < 1.29 is 28.7 Å². The number of fused-ring (bicyclic) bond motifs is 1. The first-order valence-electron chi connectivity index (χ1n) is 11.4. The molecule has 17 heteroatoms. The van der Waals surface area contributed by atoms with Crippen LogP contribution < -0.4 is 16.8 Å². The third-order valence-electron chi connectivity index (χ3n) is 5.21. The Bertz CT molecular complexity index is 1320. The summed E-state index contributed by atoms with van der Waals surface area (Å²) in [4.78, 5) is 54.7. The Morgan fingerprint density at radius 1 is 1.44 bits per heavy atom. The molecule has 2 aliphatic rings. The highest BCUT2D eigenvalue weighted by molar-refractivity contribution is 8.07. The molecule has 0 radical (unpaired) electrons. The van der Waals surface area contributed by atoms with Gasteiger partial charge in [-0.3, -0.25) is 19.5 Å². The van der Waals surface area contributed by atoms with Crippen LogP contribution in [-0.4, -0.2) is 85.7 Å². The number of pyridine rings is 1. The van der Waals surface area contributed by atoms with Crippen molar-refractivity contribution in [3.05, 3.63) is 40.1 Å². The van der Waals surface area contributed by atoms with E-state index in [1.807, 2.05) is 6.92 Å². The third-order valence-corrected chi connectivity index (χ3v) is 9.96. The first-order chi connectivity index (χ1) is 18.7. The molecule has 0 aromatic carbocycles. The highest BCUT2D eigenvalue weighted by Crippen LogP contribution is 2.46. The lowest BCUT2D eigenvalue weighted by Gasteiger charge is -2.49. The minimum Gasteiger partial charge on any atom is -0.477 e. The smallest absolute Gasteiger partial charge is 0.353 e. The van der Waals surface area contributed by atoms with Gasteiger partial charge in [-0.25, -0.2) is 14.2 Å². The Morgan fingerprint density at radius 3 is 2.90 bits per heavy atom. The van der Waals surface area contributed by atoms with Crippen LogP contribution in [0, 0.1) is 0 Å². The van der Waals surface area contributed by atoms with Gasteiger partial charge in [-0.2, -0.15) is 0 Å². The third kappa shape index (κ3) is 6.66. The SMILES string of the molecule is CC(N)CSc1cnccc1SC1=C(C(=O)O)N2C(=O)[C@@H](NC(=O)/C(=N\OCCF)c3csc(N)n3)[C@@H]2SC1. The highest BCUT2D eigenvalue weighted by atomic mass is 32.2. The summed E-state index contributed by atoms with van der Waals surface area (Å²) in [5, 5.41) is 17.3. The average molecular weight is 614 g/mol. The first kappa shape index (κ1) is 29.1. The maximum absolute atomic E-state index is 13.1. The quantitative estimate of drug-likeness (QED) is 0.0895. The van der Waals surface area contributed by atoms with Crippen molar-refractivity contribution in [1.29, 1.82) is 0 Å². The number of alkyl halides is 1. The molecule has 2 aromatic rings. The summed E-state index contributed by atoms with van der Waals surface area (Å²) in [6.07, 6.45) is 3.31. The largest absolute Gasteiger partial charge is 0.477 e. The number of thiazole rings is 1. The highest BCUT2D eigenvalue weighted by Gasteiger charge is 2.54. The van der Waals surface area contributed by atoms with Crippen LogP contribution >= 0.6 is 46.6 Å². The number of nitrogens with two attached hydrogens (primary N) is 2. The van der Waals surface area contributed by atoms with Crippen molar-refractivity contribution in [1.82, 2.24) is 20.2 Å². The van der Waals surface area contributed by atoms with Gasteiger partial charge in [0.1, 0.15) is 36.1 Å². The number of nitrogen functional groups attached to an aromatic ring is 1.